The van der Waals surface area contributed by atoms with Crippen LogP contribution in [0.5, 0.6) is 0 Å². The van der Waals surface area contributed by atoms with Crippen LogP contribution in [-0.4, -0.2) is 28.8 Å². The van der Waals surface area contributed by atoms with E-state index in [2.05, 4.69) is 10.4 Å². The lowest BCUT2D eigenvalue weighted by Gasteiger charge is -2.22. The number of halogens is 4. The third-order valence-corrected chi connectivity index (χ3v) is 4.91. The number of alkyl halides is 3. The molecule has 2 aromatic carbocycles. The molecule has 0 bridgehead atoms. The molecule has 4 rings (SSSR count). The minimum absolute atomic E-state index is 0.00375. The molecule has 0 aliphatic carbocycles. The van der Waals surface area contributed by atoms with E-state index in [1.807, 2.05) is 4.90 Å². The third kappa shape index (κ3) is 4.14. The summed E-state index contributed by atoms with van der Waals surface area (Å²) in [4.78, 5) is 14.6. The number of hydrogen-bond acceptors (Lipinski definition) is 3. The van der Waals surface area contributed by atoms with Crippen molar-refractivity contribution in [3.05, 3.63) is 71.8 Å². The summed E-state index contributed by atoms with van der Waals surface area (Å²) in [6.45, 7) is 1.42. The van der Waals surface area contributed by atoms with Crippen LogP contribution in [0.2, 0.25) is 0 Å². The van der Waals surface area contributed by atoms with Gasteiger partial charge in [0.2, 0.25) is 0 Å². The van der Waals surface area contributed by atoms with Crippen molar-refractivity contribution in [3.63, 3.8) is 0 Å². The van der Waals surface area contributed by atoms with Gasteiger partial charge in [0, 0.05) is 19.3 Å². The van der Waals surface area contributed by atoms with E-state index in [4.69, 9.17) is 0 Å². The zero-order valence-electron chi connectivity index (χ0n) is 15.8. The van der Waals surface area contributed by atoms with Gasteiger partial charge < -0.3 is 10.2 Å². The largest absolute Gasteiger partial charge is 0.416 e. The highest BCUT2D eigenvalue weighted by Gasteiger charge is 2.32. The van der Waals surface area contributed by atoms with Gasteiger partial charge in [0.1, 0.15) is 5.82 Å². The van der Waals surface area contributed by atoms with Crippen LogP contribution in [0.15, 0.2) is 54.7 Å². The summed E-state index contributed by atoms with van der Waals surface area (Å²) >= 11 is 0. The number of aromatic nitrogens is 2. The Hall–Kier alpha value is -3.36. The molecule has 0 saturated carbocycles. The Morgan fingerprint density at radius 1 is 1.03 bits per heavy atom. The van der Waals surface area contributed by atoms with Crippen LogP contribution in [-0.2, 0) is 6.18 Å². The van der Waals surface area contributed by atoms with Crippen molar-refractivity contribution in [2.24, 2.45) is 0 Å². The van der Waals surface area contributed by atoms with Crippen LogP contribution in [0, 0.1) is 5.82 Å². The van der Waals surface area contributed by atoms with E-state index in [0.717, 1.165) is 25.0 Å². The molecule has 0 unspecified atom stereocenters. The van der Waals surface area contributed by atoms with E-state index in [1.54, 1.807) is 6.07 Å². The molecule has 5 nitrogen and oxygen atoms in total. The predicted octanol–water partition coefficient (Wildman–Crippen LogP) is 4.88. The van der Waals surface area contributed by atoms with Gasteiger partial charge in [-0.05, 0) is 55.3 Å². The molecule has 0 radical (unpaired) electrons. The number of nitrogens with zero attached hydrogens (tertiary/aromatic N) is 3. The first-order valence-corrected chi connectivity index (χ1v) is 9.40. The normalized spacial score (nSPS) is 14.2. The van der Waals surface area contributed by atoms with Crippen LogP contribution in [0.25, 0.3) is 5.69 Å². The van der Waals surface area contributed by atoms with Crippen molar-refractivity contribution < 1.29 is 22.4 Å². The number of amides is 1. The van der Waals surface area contributed by atoms with Gasteiger partial charge in [0.15, 0.2) is 5.69 Å². The molecule has 2 heterocycles. The lowest BCUT2D eigenvalue weighted by atomic mass is 10.1. The van der Waals surface area contributed by atoms with E-state index in [1.165, 1.54) is 41.2 Å². The van der Waals surface area contributed by atoms with Gasteiger partial charge in [0.25, 0.3) is 5.91 Å². The molecule has 1 saturated heterocycles. The predicted molar refractivity (Wildman–Crippen MR) is 104 cm³/mol. The second-order valence-electron chi connectivity index (χ2n) is 7.00. The summed E-state index contributed by atoms with van der Waals surface area (Å²) in [6.07, 6.45) is -1.17. The van der Waals surface area contributed by atoms with Crippen LogP contribution in [0.1, 0.15) is 28.9 Å². The molecule has 9 heteroatoms. The average molecular weight is 418 g/mol. The molecule has 1 N–H and O–H groups in total. The van der Waals surface area contributed by atoms with Crippen molar-refractivity contribution in [2.75, 3.05) is 23.3 Å². The van der Waals surface area contributed by atoms with E-state index >= 15 is 0 Å². The molecule has 1 aliphatic heterocycles. The topological polar surface area (TPSA) is 50.2 Å². The Kier molecular flexibility index (Phi) is 5.19. The van der Waals surface area contributed by atoms with Crippen LogP contribution in [0.4, 0.5) is 28.9 Å². The highest BCUT2D eigenvalue weighted by Crippen LogP contribution is 2.36. The number of anilines is 2. The fraction of sp³-hybridized carbons (Fsp3) is 0.238. The quantitative estimate of drug-likeness (QED) is 0.615. The molecule has 156 valence electrons. The van der Waals surface area contributed by atoms with Gasteiger partial charge in [-0.1, -0.05) is 6.07 Å². The Bertz CT molecular complexity index is 1070. The second-order valence-corrected chi connectivity index (χ2v) is 7.00. The van der Waals surface area contributed by atoms with Gasteiger partial charge in [-0.3, -0.25) is 4.79 Å². The SMILES string of the molecule is O=C(Nc1cc(C(F)(F)F)ccc1N1CCCC1)c1ccn(-c2cccc(F)c2)n1. The molecule has 1 fully saturated rings. The number of hydrogen-bond donors (Lipinski definition) is 1. The Morgan fingerprint density at radius 2 is 1.80 bits per heavy atom. The van der Waals surface area contributed by atoms with Gasteiger partial charge in [-0.25, -0.2) is 9.07 Å². The van der Waals surface area contributed by atoms with E-state index < -0.39 is 23.5 Å². The minimum atomic E-state index is -4.53. The lowest BCUT2D eigenvalue weighted by Crippen LogP contribution is -2.22. The molecule has 1 amide bonds. The molecule has 30 heavy (non-hydrogen) atoms. The Labute approximate surface area is 169 Å². The fourth-order valence-corrected chi connectivity index (χ4v) is 3.44. The first kappa shape index (κ1) is 19.9. The smallest absolute Gasteiger partial charge is 0.370 e. The molecular weight excluding hydrogens is 400 g/mol. The van der Waals surface area contributed by atoms with Crippen molar-refractivity contribution in [3.8, 4) is 5.69 Å². The average Bonchev–Trinajstić information content (AvgIpc) is 3.39. The summed E-state index contributed by atoms with van der Waals surface area (Å²) < 4.78 is 54.3. The zero-order chi connectivity index (χ0) is 21.3. The monoisotopic (exact) mass is 418 g/mol. The molecule has 0 atom stereocenters. The van der Waals surface area contributed by atoms with Crippen LogP contribution in [0.3, 0.4) is 0 Å². The van der Waals surface area contributed by atoms with Crippen molar-refractivity contribution in [1.29, 1.82) is 0 Å². The van der Waals surface area contributed by atoms with Gasteiger partial charge in [-0.2, -0.15) is 18.3 Å². The number of carbonyl (C=O) groups excluding carboxylic acids is 1. The molecule has 3 aromatic rings. The highest BCUT2D eigenvalue weighted by atomic mass is 19.4. The minimum Gasteiger partial charge on any atom is -0.370 e. The number of nitrogens with one attached hydrogen (secondary N) is 1. The lowest BCUT2D eigenvalue weighted by molar-refractivity contribution is -0.137. The van der Waals surface area contributed by atoms with E-state index in [9.17, 15) is 22.4 Å². The second kappa shape index (κ2) is 7.81. The van der Waals surface area contributed by atoms with Gasteiger partial charge in [-0.15, -0.1) is 0 Å². The maximum atomic E-state index is 13.4. The first-order chi connectivity index (χ1) is 14.3. The standard InChI is InChI=1S/C21H18F4N4O/c22-15-4-3-5-16(13-15)29-11-8-17(27-29)20(30)26-18-12-14(21(23,24)25)6-7-19(18)28-9-1-2-10-28/h3-8,11-13H,1-2,9-10H2,(H,26,30). The van der Waals surface area contributed by atoms with Crippen LogP contribution >= 0.6 is 0 Å². The van der Waals surface area contributed by atoms with Crippen molar-refractivity contribution in [1.82, 2.24) is 9.78 Å². The van der Waals surface area contributed by atoms with Gasteiger partial charge >= 0.3 is 6.18 Å². The fourth-order valence-electron chi connectivity index (χ4n) is 3.44. The summed E-state index contributed by atoms with van der Waals surface area (Å²) in [6, 6.07) is 10.4. The summed E-state index contributed by atoms with van der Waals surface area (Å²) in [5, 5.41) is 6.68. The van der Waals surface area contributed by atoms with Gasteiger partial charge in [0.05, 0.1) is 22.6 Å². The molecule has 0 spiro atoms. The molecule has 1 aliphatic rings. The maximum Gasteiger partial charge on any atom is 0.416 e. The number of benzene rings is 2. The summed E-state index contributed by atoms with van der Waals surface area (Å²) in [5.74, 6) is -1.10. The highest BCUT2D eigenvalue weighted by molar-refractivity contribution is 6.04. The zero-order valence-corrected chi connectivity index (χ0v) is 15.8. The van der Waals surface area contributed by atoms with E-state index in [0.29, 0.717) is 24.5 Å². The summed E-state index contributed by atoms with van der Waals surface area (Å²) in [5.41, 5.74) is 0.205. The maximum absolute atomic E-state index is 13.4. The summed E-state index contributed by atoms with van der Waals surface area (Å²) in [7, 11) is 0. The van der Waals surface area contributed by atoms with Crippen LogP contribution < -0.4 is 10.2 Å². The third-order valence-electron chi connectivity index (χ3n) is 4.91. The number of carbonyl (C=O) groups is 1. The molecular formula is C21H18F4N4O. The molecule has 1 aromatic heterocycles. The first-order valence-electron chi connectivity index (χ1n) is 9.40. The van der Waals surface area contributed by atoms with Crippen molar-refractivity contribution in [2.45, 2.75) is 19.0 Å². The number of rotatable bonds is 4. The Balaban J connectivity index is 1.62. The van der Waals surface area contributed by atoms with E-state index in [-0.39, 0.29) is 11.4 Å². The van der Waals surface area contributed by atoms with Crippen molar-refractivity contribution >= 4 is 17.3 Å². The Morgan fingerprint density at radius 3 is 2.50 bits per heavy atom.